The Labute approximate surface area is 148 Å². The fourth-order valence-electron chi connectivity index (χ4n) is 3.96. The van der Waals surface area contributed by atoms with Crippen LogP contribution >= 0.6 is 0 Å². The summed E-state index contributed by atoms with van der Waals surface area (Å²) >= 11 is 0. The molecular weight excluding hydrogens is 322 g/mol. The molecule has 2 aromatic heterocycles. The van der Waals surface area contributed by atoms with E-state index in [1.165, 1.54) is 38.6 Å². The largest absolute Gasteiger partial charge is 0.382 e. The van der Waals surface area contributed by atoms with Crippen LogP contribution in [-0.4, -0.2) is 19.5 Å². The van der Waals surface area contributed by atoms with E-state index in [1.54, 1.807) is 6.33 Å². The fourth-order valence-corrected chi connectivity index (χ4v) is 3.96. The average Bonchev–Trinajstić information content (AvgIpc) is 3.11. The van der Waals surface area contributed by atoms with Gasteiger partial charge in [-0.15, -0.1) is 0 Å². The van der Waals surface area contributed by atoms with Crippen LogP contribution in [-0.2, 0) is 0 Å². The molecule has 0 saturated carbocycles. The van der Waals surface area contributed by atoms with Gasteiger partial charge in [0, 0.05) is 5.39 Å². The van der Waals surface area contributed by atoms with Crippen molar-refractivity contribution < 1.29 is 0 Å². The van der Waals surface area contributed by atoms with E-state index in [0.29, 0.717) is 17.0 Å². The average molecular weight is 335 g/mol. The molecule has 122 valence electrons. The molecule has 0 saturated heterocycles. The van der Waals surface area contributed by atoms with Crippen LogP contribution < -0.4 is 5.73 Å². The summed E-state index contributed by atoms with van der Waals surface area (Å²) in [6.45, 7) is 0. The van der Waals surface area contributed by atoms with Crippen molar-refractivity contribution in [2.45, 2.75) is 0 Å². The molecule has 4 aromatic carbocycles. The normalized spacial score (nSPS) is 12.0. The van der Waals surface area contributed by atoms with Gasteiger partial charge >= 0.3 is 0 Å². The molecular formula is C21H13N5. The molecule has 5 nitrogen and oxygen atoms in total. The molecule has 2 heterocycles. The first-order valence-electron chi connectivity index (χ1n) is 8.42. The number of nitrogens with zero attached hydrogens (tertiary/aromatic N) is 4. The van der Waals surface area contributed by atoms with Crippen molar-refractivity contribution in [2.75, 3.05) is 5.73 Å². The Morgan fingerprint density at radius 3 is 2.31 bits per heavy atom. The van der Waals surface area contributed by atoms with Gasteiger partial charge < -0.3 is 5.73 Å². The summed E-state index contributed by atoms with van der Waals surface area (Å²) in [6.07, 6.45) is 3.24. The third-order valence-corrected chi connectivity index (χ3v) is 5.13. The summed E-state index contributed by atoms with van der Waals surface area (Å²) in [5, 5.41) is 7.46. The molecule has 0 radical (unpaired) electrons. The molecule has 0 fully saturated rings. The van der Waals surface area contributed by atoms with E-state index in [0.717, 1.165) is 5.69 Å². The lowest BCUT2D eigenvalue weighted by atomic mass is 9.93. The minimum atomic E-state index is 0.395. The molecule has 6 rings (SSSR count). The minimum absolute atomic E-state index is 0.395. The lowest BCUT2D eigenvalue weighted by molar-refractivity contribution is 1.07. The standard InChI is InChI=1S/C21H13N5/c22-20-19-21(24-10-23-20)26(11-25-19)16-9-7-14-5-4-12-2-1-3-13-6-8-15(16)18(14)17(12)13/h1-11H,(H2,22,23,24). The molecule has 26 heavy (non-hydrogen) atoms. The van der Waals surface area contributed by atoms with E-state index in [4.69, 9.17) is 5.73 Å². The van der Waals surface area contributed by atoms with Gasteiger partial charge in [0.2, 0.25) is 0 Å². The van der Waals surface area contributed by atoms with Gasteiger partial charge in [-0.1, -0.05) is 48.5 Å². The SMILES string of the molecule is Nc1ncnc2c1ncn2-c1ccc2ccc3cccc4ccc1c2c34. The quantitative estimate of drug-likeness (QED) is 0.455. The van der Waals surface area contributed by atoms with Crippen molar-refractivity contribution in [2.24, 2.45) is 0 Å². The topological polar surface area (TPSA) is 69.6 Å². The molecule has 0 amide bonds. The molecule has 2 N–H and O–H groups in total. The first-order chi connectivity index (χ1) is 12.8. The van der Waals surface area contributed by atoms with E-state index in [-0.39, 0.29) is 0 Å². The molecule has 0 unspecified atom stereocenters. The van der Waals surface area contributed by atoms with Crippen molar-refractivity contribution in [1.29, 1.82) is 0 Å². The van der Waals surface area contributed by atoms with Crippen LogP contribution in [0, 0.1) is 0 Å². The fraction of sp³-hybridized carbons (Fsp3) is 0. The Bertz CT molecular complexity index is 1430. The Kier molecular flexibility index (Phi) is 2.43. The Balaban J connectivity index is 1.80. The van der Waals surface area contributed by atoms with Gasteiger partial charge in [-0.2, -0.15) is 0 Å². The molecule has 0 aliphatic rings. The second kappa shape index (κ2) is 4.67. The Hall–Kier alpha value is -3.73. The highest BCUT2D eigenvalue weighted by molar-refractivity contribution is 6.24. The molecule has 0 spiro atoms. The maximum absolute atomic E-state index is 5.95. The smallest absolute Gasteiger partial charge is 0.170 e. The highest BCUT2D eigenvalue weighted by atomic mass is 15.1. The van der Waals surface area contributed by atoms with Crippen LogP contribution in [0.25, 0.3) is 49.2 Å². The summed E-state index contributed by atoms with van der Waals surface area (Å²) < 4.78 is 1.99. The van der Waals surface area contributed by atoms with Crippen LogP contribution in [0.15, 0.2) is 67.3 Å². The van der Waals surface area contributed by atoms with Gasteiger partial charge in [-0.3, -0.25) is 4.57 Å². The van der Waals surface area contributed by atoms with Gasteiger partial charge in [-0.25, -0.2) is 15.0 Å². The maximum atomic E-state index is 5.95. The third kappa shape index (κ3) is 1.61. The summed E-state index contributed by atoms with van der Waals surface area (Å²) in [4.78, 5) is 12.8. The van der Waals surface area contributed by atoms with E-state index in [1.807, 2.05) is 4.57 Å². The Morgan fingerprint density at radius 1 is 0.731 bits per heavy atom. The van der Waals surface area contributed by atoms with Gasteiger partial charge in [0.15, 0.2) is 17.0 Å². The van der Waals surface area contributed by atoms with Gasteiger partial charge in [0.25, 0.3) is 0 Å². The number of anilines is 1. The summed E-state index contributed by atoms with van der Waals surface area (Å²) in [6, 6.07) is 19.4. The van der Waals surface area contributed by atoms with Crippen LogP contribution in [0.3, 0.4) is 0 Å². The number of nitrogens with two attached hydrogens (primary N) is 1. The number of imidazole rings is 1. The van der Waals surface area contributed by atoms with E-state index >= 15 is 0 Å². The summed E-state index contributed by atoms with van der Waals surface area (Å²) in [7, 11) is 0. The number of hydrogen-bond donors (Lipinski definition) is 1. The second-order valence-corrected chi connectivity index (χ2v) is 6.49. The predicted molar refractivity (Wildman–Crippen MR) is 105 cm³/mol. The van der Waals surface area contributed by atoms with Crippen LogP contribution in [0.5, 0.6) is 0 Å². The van der Waals surface area contributed by atoms with E-state index < -0.39 is 0 Å². The second-order valence-electron chi connectivity index (χ2n) is 6.49. The number of nitrogen functional groups attached to an aromatic ring is 1. The zero-order valence-electron chi connectivity index (χ0n) is 13.7. The van der Waals surface area contributed by atoms with Gasteiger partial charge in [0.1, 0.15) is 12.7 Å². The molecule has 0 aliphatic carbocycles. The van der Waals surface area contributed by atoms with Crippen molar-refractivity contribution in [1.82, 2.24) is 19.5 Å². The number of hydrogen-bond acceptors (Lipinski definition) is 4. The number of fused-ring (bicyclic) bond motifs is 1. The van der Waals surface area contributed by atoms with E-state index in [2.05, 4.69) is 69.5 Å². The van der Waals surface area contributed by atoms with Gasteiger partial charge in [-0.05, 0) is 33.0 Å². The maximum Gasteiger partial charge on any atom is 0.170 e. The first-order valence-corrected chi connectivity index (χ1v) is 8.42. The predicted octanol–water partition coefficient (Wildman–Crippen LogP) is 4.30. The number of benzene rings is 4. The zero-order chi connectivity index (χ0) is 17.3. The molecule has 5 heteroatoms. The van der Waals surface area contributed by atoms with Crippen molar-refractivity contribution in [3.8, 4) is 5.69 Å². The molecule has 0 atom stereocenters. The van der Waals surface area contributed by atoms with Crippen LogP contribution in [0.1, 0.15) is 0 Å². The zero-order valence-corrected chi connectivity index (χ0v) is 13.7. The molecule has 0 bridgehead atoms. The van der Waals surface area contributed by atoms with Crippen molar-refractivity contribution >= 4 is 49.3 Å². The molecule has 6 aromatic rings. The minimum Gasteiger partial charge on any atom is -0.382 e. The van der Waals surface area contributed by atoms with Crippen molar-refractivity contribution in [3.05, 3.63) is 67.3 Å². The highest BCUT2D eigenvalue weighted by Gasteiger charge is 2.14. The lowest BCUT2D eigenvalue weighted by Gasteiger charge is -2.14. The number of aromatic nitrogens is 4. The van der Waals surface area contributed by atoms with Crippen LogP contribution in [0.4, 0.5) is 5.82 Å². The van der Waals surface area contributed by atoms with Crippen LogP contribution in [0.2, 0.25) is 0 Å². The van der Waals surface area contributed by atoms with Crippen molar-refractivity contribution in [3.63, 3.8) is 0 Å². The summed E-state index contributed by atoms with van der Waals surface area (Å²) in [5.74, 6) is 0.395. The number of rotatable bonds is 1. The first kappa shape index (κ1) is 13.5. The van der Waals surface area contributed by atoms with Gasteiger partial charge in [0.05, 0.1) is 5.69 Å². The lowest BCUT2D eigenvalue weighted by Crippen LogP contribution is -1.98. The highest BCUT2D eigenvalue weighted by Crippen LogP contribution is 2.37. The molecule has 0 aliphatic heterocycles. The Morgan fingerprint density at radius 2 is 1.46 bits per heavy atom. The van der Waals surface area contributed by atoms with E-state index in [9.17, 15) is 0 Å². The third-order valence-electron chi connectivity index (χ3n) is 5.13. The monoisotopic (exact) mass is 335 g/mol. The summed E-state index contributed by atoms with van der Waals surface area (Å²) in [5.41, 5.74) is 8.33.